The van der Waals surface area contributed by atoms with Crippen LogP contribution in [-0.4, -0.2) is 38.6 Å². The summed E-state index contributed by atoms with van der Waals surface area (Å²) in [7, 11) is 1.29. The molecule has 4 nitrogen and oxygen atoms in total. The van der Waals surface area contributed by atoms with Gasteiger partial charge in [0.25, 0.3) is 0 Å². The standard InChI is InChI=1S/C10H19N3OS/c1-3-15(14)9-8-11-6-4-10-5-7-12-13(10)2/h5,7,11H,3-4,6,8-9H2,1-2H3. The first-order valence-corrected chi connectivity index (χ1v) is 6.75. The fourth-order valence-electron chi connectivity index (χ4n) is 1.32. The van der Waals surface area contributed by atoms with Crippen LogP contribution >= 0.6 is 0 Å². The Morgan fingerprint density at radius 3 is 2.93 bits per heavy atom. The molecule has 1 aromatic rings. The van der Waals surface area contributed by atoms with E-state index in [1.807, 2.05) is 30.9 Å². The van der Waals surface area contributed by atoms with Gasteiger partial charge in [0.05, 0.1) is 0 Å². The van der Waals surface area contributed by atoms with E-state index in [-0.39, 0.29) is 0 Å². The van der Waals surface area contributed by atoms with E-state index in [0.29, 0.717) is 0 Å². The quantitative estimate of drug-likeness (QED) is 0.685. The second-order valence-corrected chi connectivity index (χ2v) is 5.24. The Balaban J connectivity index is 2.07. The second kappa shape index (κ2) is 6.74. The van der Waals surface area contributed by atoms with Crippen LogP contribution in [0.4, 0.5) is 0 Å². The van der Waals surface area contributed by atoms with Gasteiger partial charge in [-0.2, -0.15) is 5.10 Å². The van der Waals surface area contributed by atoms with Gasteiger partial charge in [-0.3, -0.25) is 8.89 Å². The van der Waals surface area contributed by atoms with Crippen LogP contribution in [0.25, 0.3) is 0 Å². The van der Waals surface area contributed by atoms with E-state index in [4.69, 9.17) is 0 Å². The molecule has 0 bridgehead atoms. The summed E-state index contributed by atoms with van der Waals surface area (Å²) in [6, 6.07) is 2.02. The average molecular weight is 229 g/mol. The molecule has 0 aromatic carbocycles. The van der Waals surface area contributed by atoms with Crippen LogP contribution < -0.4 is 5.32 Å². The Hall–Kier alpha value is -0.680. The van der Waals surface area contributed by atoms with Crippen molar-refractivity contribution >= 4 is 10.8 Å². The van der Waals surface area contributed by atoms with Crippen LogP contribution in [-0.2, 0) is 24.3 Å². The molecule has 0 saturated carbocycles. The average Bonchev–Trinajstić information content (AvgIpc) is 2.63. The zero-order valence-electron chi connectivity index (χ0n) is 9.40. The van der Waals surface area contributed by atoms with Crippen molar-refractivity contribution < 1.29 is 4.21 Å². The predicted molar refractivity (Wildman–Crippen MR) is 63.3 cm³/mol. The smallest absolute Gasteiger partial charge is 0.0492 e. The van der Waals surface area contributed by atoms with Gasteiger partial charge in [-0.25, -0.2) is 0 Å². The van der Waals surface area contributed by atoms with Gasteiger partial charge in [0, 0.05) is 60.8 Å². The number of aryl methyl sites for hydroxylation is 1. The topological polar surface area (TPSA) is 46.9 Å². The molecule has 1 aromatic heterocycles. The molecule has 15 heavy (non-hydrogen) atoms. The second-order valence-electron chi connectivity index (χ2n) is 3.38. The molecule has 0 radical (unpaired) electrons. The fourth-order valence-corrected chi connectivity index (χ4v) is 1.98. The van der Waals surface area contributed by atoms with Crippen LogP contribution in [0.5, 0.6) is 0 Å². The van der Waals surface area contributed by atoms with Crippen LogP contribution in [0.3, 0.4) is 0 Å². The lowest BCUT2D eigenvalue weighted by molar-refractivity contribution is 0.652. The van der Waals surface area contributed by atoms with Gasteiger partial charge in [-0.15, -0.1) is 0 Å². The number of nitrogens with one attached hydrogen (secondary N) is 1. The summed E-state index contributed by atoms with van der Waals surface area (Å²) in [6.07, 6.45) is 2.77. The van der Waals surface area contributed by atoms with Gasteiger partial charge in [-0.05, 0) is 6.07 Å². The minimum absolute atomic E-state index is 0.652. The number of aromatic nitrogens is 2. The van der Waals surface area contributed by atoms with Crippen molar-refractivity contribution in [2.24, 2.45) is 7.05 Å². The van der Waals surface area contributed by atoms with E-state index in [1.54, 1.807) is 0 Å². The Labute approximate surface area is 93.5 Å². The molecule has 0 spiro atoms. The third-order valence-corrected chi connectivity index (χ3v) is 3.61. The largest absolute Gasteiger partial charge is 0.315 e. The van der Waals surface area contributed by atoms with Crippen molar-refractivity contribution in [1.29, 1.82) is 0 Å². The lowest BCUT2D eigenvalue weighted by Crippen LogP contribution is -2.23. The summed E-state index contributed by atoms with van der Waals surface area (Å²) in [5.74, 6) is 1.51. The van der Waals surface area contributed by atoms with Crippen molar-refractivity contribution in [3.63, 3.8) is 0 Å². The molecule has 0 amide bonds. The van der Waals surface area contributed by atoms with Crippen molar-refractivity contribution in [1.82, 2.24) is 15.1 Å². The summed E-state index contributed by atoms with van der Waals surface area (Å²) in [5.41, 5.74) is 1.22. The first-order chi connectivity index (χ1) is 7.24. The molecule has 1 heterocycles. The number of rotatable bonds is 7. The van der Waals surface area contributed by atoms with E-state index in [9.17, 15) is 4.21 Å². The van der Waals surface area contributed by atoms with Crippen LogP contribution in [0.15, 0.2) is 12.3 Å². The highest BCUT2D eigenvalue weighted by atomic mass is 32.2. The Morgan fingerprint density at radius 2 is 2.33 bits per heavy atom. The Morgan fingerprint density at radius 1 is 1.53 bits per heavy atom. The molecular weight excluding hydrogens is 210 g/mol. The normalized spacial score (nSPS) is 12.9. The highest BCUT2D eigenvalue weighted by Crippen LogP contribution is 1.95. The van der Waals surface area contributed by atoms with E-state index >= 15 is 0 Å². The number of hydrogen-bond acceptors (Lipinski definition) is 3. The monoisotopic (exact) mass is 229 g/mol. The fraction of sp³-hybridized carbons (Fsp3) is 0.700. The van der Waals surface area contributed by atoms with E-state index in [2.05, 4.69) is 10.4 Å². The molecule has 0 saturated heterocycles. The van der Waals surface area contributed by atoms with Crippen molar-refractivity contribution in [2.45, 2.75) is 13.3 Å². The highest BCUT2D eigenvalue weighted by Gasteiger charge is 1.98. The van der Waals surface area contributed by atoms with Crippen molar-refractivity contribution in [3.8, 4) is 0 Å². The minimum Gasteiger partial charge on any atom is -0.315 e. The van der Waals surface area contributed by atoms with E-state index in [1.165, 1.54) is 5.69 Å². The molecular formula is C10H19N3OS. The molecule has 0 aliphatic heterocycles. The van der Waals surface area contributed by atoms with Gasteiger partial charge in [0.2, 0.25) is 0 Å². The van der Waals surface area contributed by atoms with Gasteiger partial charge in [0.1, 0.15) is 0 Å². The molecule has 0 fully saturated rings. The SMILES string of the molecule is CCS(=O)CCNCCc1ccnn1C. The molecule has 5 heteroatoms. The van der Waals surface area contributed by atoms with Crippen molar-refractivity contribution in [3.05, 3.63) is 18.0 Å². The maximum atomic E-state index is 11.1. The summed E-state index contributed by atoms with van der Waals surface area (Å²) < 4.78 is 13.0. The molecule has 0 aliphatic carbocycles. The maximum Gasteiger partial charge on any atom is 0.0492 e. The first-order valence-electron chi connectivity index (χ1n) is 5.26. The summed E-state index contributed by atoms with van der Waals surface area (Å²) in [5, 5.41) is 7.38. The molecule has 1 atom stereocenters. The van der Waals surface area contributed by atoms with Gasteiger partial charge in [0.15, 0.2) is 0 Å². The highest BCUT2D eigenvalue weighted by molar-refractivity contribution is 7.84. The van der Waals surface area contributed by atoms with Gasteiger partial charge >= 0.3 is 0 Å². The maximum absolute atomic E-state index is 11.1. The third-order valence-electron chi connectivity index (χ3n) is 2.31. The third kappa shape index (κ3) is 4.57. The number of nitrogens with zero attached hydrogens (tertiary/aromatic N) is 2. The zero-order chi connectivity index (χ0) is 11.1. The minimum atomic E-state index is -0.652. The number of hydrogen-bond donors (Lipinski definition) is 1. The van der Waals surface area contributed by atoms with Crippen LogP contribution in [0.2, 0.25) is 0 Å². The Bertz CT molecular complexity index is 311. The van der Waals surface area contributed by atoms with Gasteiger partial charge < -0.3 is 5.32 Å². The van der Waals surface area contributed by atoms with Gasteiger partial charge in [-0.1, -0.05) is 6.92 Å². The zero-order valence-corrected chi connectivity index (χ0v) is 10.2. The summed E-state index contributed by atoms with van der Waals surface area (Å²) in [4.78, 5) is 0. The van der Waals surface area contributed by atoms with Crippen LogP contribution in [0.1, 0.15) is 12.6 Å². The first kappa shape index (κ1) is 12.4. The molecule has 0 aliphatic rings. The molecule has 1 rings (SSSR count). The van der Waals surface area contributed by atoms with Crippen molar-refractivity contribution in [2.75, 3.05) is 24.6 Å². The molecule has 1 unspecified atom stereocenters. The lowest BCUT2D eigenvalue weighted by Gasteiger charge is -2.04. The van der Waals surface area contributed by atoms with E-state index in [0.717, 1.165) is 31.0 Å². The lowest BCUT2D eigenvalue weighted by atomic mass is 10.3. The van der Waals surface area contributed by atoms with Crippen LogP contribution in [0, 0.1) is 0 Å². The van der Waals surface area contributed by atoms with E-state index < -0.39 is 10.8 Å². The summed E-state index contributed by atoms with van der Waals surface area (Å²) >= 11 is 0. The molecule has 1 N–H and O–H groups in total. The Kier molecular flexibility index (Phi) is 5.57. The molecule has 86 valence electrons. The summed E-state index contributed by atoms with van der Waals surface area (Å²) in [6.45, 7) is 3.70. The predicted octanol–water partition coefficient (Wildman–Crippen LogP) is 0.321.